The lowest BCUT2D eigenvalue weighted by molar-refractivity contribution is 0.297. The summed E-state index contributed by atoms with van der Waals surface area (Å²) in [6.07, 6.45) is 2.19. The van der Waals surface area contributed by atoms with Crippen LogP contribution in [0.2, 0.25) is 0 Å². The molecule has 2 aliphatic heterocycles. The van der Waals surface area contributed by atoms with E-state index in [1.165, 1.54) is 12.0 Å². The van der Waals surface area contributed by atoms with Crippen molar-refractivity contribution in [3.8, 4) is 11.5 Å². The molecule has 3 heteroatoms. The highest BCUT2D eigenvalue weighted by Crippen LogP contribution is 2.34. The molecular weight excluding hydrogens is 202 g/mol. The maximum atomic E-state index is 5.70. The van der Waals surface area contributed by atoms with E-state index in [2.05, 4.69) is 17.4 Å². The first-order valence-electron chi connectivity index (χ1n) is 6.04. The van der Waals surface area contributed by atoms with Gasteiger partial charge in [0.1, 0.15) is 0 Å². The second-order valence-corrected chi connectivity index (χ2v) is 4.45. The first-order valence-corrected chi connectivity index (χ1v) is 6.04. The van der Waals surface area contributed by atoms with Crippen LogP contribution in [0.5, 0.6) is 11.5 Å². The number of nitrogens with one attached hydrogen (secondary N) is 1. The molecule has 0 spiro atoms. The summed E-state index contributed by atoms with van der Waals surface area (Å²) in [6, 6.07) is 6.37. The Morgan fingerprint density at radius 3 is 2.81 bits per heavy atom. The van der Waals surface area contributed by atoms with Gasteiger partial charge in [-0.3, -0.25) is 0 Å². The summed E-state index contributed by atoms with van der Waals surface area (Å²) in [6.45, 7) is 3.73. The summed E-state index contributed by atoms with van der Waals surface area (Å²) in [7, 11) is 0. The maximum absolute atomic E-state index is 5.70. The molecule has 1 unspecified atom stereocenters. The van der Waals surface area contributed by atoms with Gasteiger partial charge in [0.2, 0.25) is 0 Å². The van der Waals surface area contributed by atoms with E-state index in [1.54, 1.807) is 0 Å². The number of ether oxygens (including phenoxy) is 2. The summed E-state index contributed by atoms with van der Waals surface area (Å²) in [4.78, 5) is 0. The normalized spacial score (nSPS) is 24.1. The molecule has 0 aromatic heterocycles. The molecule has 0 aliphatic carbocycles. The van der Waals surface area contributed by atoms with E-state index >= 15 is 0 Å². The third-order valence-electron chi connectivity index (χ3n) is 3.30. The first-order chi connectivity index (χ1) is 7.93. The molecule has 0 bridgehead atoms. The number of benzene rings is 1. The molecule has 1 fully saturated rings. The zero-order valence-corrected chi connectivity index (χ0v) is 9.37. The molecule has 2 aliphatic rings. The van der Waals surface area contributed by atoms with Crippen LogP contribution in [0, 0.1) is 0 Å². The number of fused-ring (bicyclic) bond motifs is 1. The molecule has 1 aromatic rings. The van der Waals surface area contributed by atoms with Crippen LogP contribution >= 0.6 is 0 Å². The highest BCUT2D eigenvalue weighted by Gasteiger charge is 2.19. The van der Waals surface area contributed by atoms with E-state index in [0.717, 1.165) is 44.2 Å². The van der Waals surface area contributed by atoms with Crippen molar-refractivity contribution >= 4 is 0 Å². The van der Waals surface area contributed by atoms with Gasteiger partial charge >= 0.3 is 0 Å². The Kier molecular flexibility index (Phi) is 2.70. The van der Waals surface area contributed by atoms with E-state index < -0.39 is 0 Å². The second-order valence-electron chi connectivity index (χ2n) is 4.45. The Morgan fingerprint density at radius 2 is 2.00 bits per heavy atom. The van der Waals surface area contributed by atoms with Crippen LogP contribution in [-0.2, 0) is 0 Å². The van der Waals surface area contributed by atoms with Crippen molar-refractivity contribution in [2.24, 2.45) is 0 Å². The van der Waals surface area contributed by atoms with Gasteiger partial charge in [-0.05, 0) is 36.6 Å². The molecule has 3 rings (SSSR count). The Hall–Kier alpha value is -1.22. The lowest BCUT2D eigenvalue weighted by Gasteiger charge is -2.12. The van der Waals surface area contributed by atoms with Gasteiger partial charge < -0.3 is 14.8 Å². The minimum atomic E-state index is 0.636. The molecule has 1 N–H and O–H groups in total. The summed E-state index contributed by atoms with van der Waals surface area (Å²) in [5.74, 6) is 2.45. The van der Waals surface area contributed by atoms with Gasteiger partial charge in [-0.1, -0.05) is 6.07 Å². The molecule has 0 radical (unpaired) electrons. The molecule has 1 atom stereocenters. The number of hydrogen-bond acceptors (Lipinski definition) is 3. The van der Waals surface area contributed by atoms with E-state index in [1.807, 2.05) is 6.07 Å². The van der Waals surface area contributed by atoms with Crippen LogP contribution in [0.25, 0.3) is 0 Å². The molecular formula is C13H17NO2. The van der Waals surface area contributed by atoms with Crippen molar-refractivity contribution in [3.63, 3.8) is 0 Å². The third-order valence-corrected chi connectivity index (χ3v) is 3.30. The summed E-state index contributed by atoms with van der Waals surface area (Å²) < 4.78 is 11.3. The van der Waals surface area contributed by atoms with Crippen LogP contribution in [0.15, 0.2) is 18.2 Å². The van der Waals surface area contributed by atoms with Gasteiger partial charge in [0.05, 0.1) is 13.2 Å². The Balaban J connectivity index is 1.88. The average molecular weight is 219 g/mol. The highest BCUT2D eigenvalue weighted by molar-refractivity contribution is 5.44. The fourth-order valence-electron chi connectivity index (χ4n) is 2.37. The molecule has 1 saturated heterocycles. The van der Waals surface area contributed by atoms with Crippen molar-refractivity contribution in [3.05, 3.63) is 23.8 Å². The molecule has 0 saturated carbocycles. The molecule has 1 aromatic carbocycles. The lowest BCUT2D eigenvalue weighted by atomic mass is 9.98. The largest absolute Gasteiger partial charge is 0.490 e. The monoisotopic (exact) mass is 219 g/mol. The van der Waals surface area contributed by atoms with Crippen molar-refractivity contribution in [2.75, 3.05) is 26.3 Å². The Labute approximate surface area is 95.8 Å². The average Bonchev–Trinajstić information content (AvgIpc) is 2.74. The maximum Gasteiger partial charge on any atom is 0.161 e. The zero-order chi connectivity index (χ0) is 10.8. The van der Waals surface area contributed by atoms with Crippen LogP contribution in [0.4, 0.5) is 0 Å². The van der Waals surface area contributed by atoms with Gasteiger partial charge in [-0.15, -0.1) is 0 Å². The predicted molar refractivity (Wildman–Crippen MR) is 62.3 cm³/mol. The second kappa shape index (κ2) is 4.34. The predicted octanol–water partition coefficient (Wildman–Crippen LogP) is 1.92. The van der Waals surface area contributed by atoms with Gasteiger partial charge in [-0.2, -0.15) is 0 Å². The summed E-state index contributed by atoms with van der Waals surface area (Å²) in [5, 5.41) is 3.39. The Morgan fingerprint density at radius 1 is 1.12 bits per heavy atom. The fourth-order valence-corrected chi connectivity index (χ4v) is 2.37. The van der Waals surface area contributed by atoms with Crippen molar-refractivity contribution in [2.45, 2.75) is 18.8 Å². The highest BCUT2D eigenvalue weighted by atomic mass is 16.5. The SMILES string of the molecule is c1cc2c(cc1C1CCNC1)OCCCO2. The van der Waals surface area contributed by atoms with Gasteiger partial charge in [0.25, 0.3) is 0 Å². The van der Waals surface area contributed by atoms with Crippen LogP contribution in [0.1, 0.15) is 24.3 Å². The molecule has 3 nitrogen and oxygen atoms in total. The zero-order valence-electron chi connectivity index (χ0n) is 9.37. The smallest absolute Gasteiger partial charge is 0.161 e. The molecule has 0 amide bonds. The van der Waals surface area contributed by atoms with E-state index in [4.69, 9.17) is 9.47 Å². The van der Waals surface area contributed by atoms with E-state index in [0.29, 0.717) is 5.92 Å². The van der Waals surface area contributed by atoms with E-state index in [9.17, 15) is 0 Å². The van der Waals surface area contributed by atoms with Crippen LogP contribution < -0.4 is 14.8 Å². The lowest BCUT2D eigenvalue weighted by Crippen LogP contribution is -2.08. The molecule has 2 heterocycles. The Bertz CT molecular complexity index is 372. The van der Waals surface area contributed by atoms with Crippen LogP contribution in [0.3, 0.4) is 0 Å². The van der Waals surface area contributed by atoms with Crippen molar-refractivity contribution in [1.29, 1.82) is 0 Å². The topological polar surface area (TPSA) is 30.5 Å². The van der Waals surface area contributed by atoms with Gasteiger partial charge in [0, 0.05) is 13.0 Å². The van der Waals surface area contributed by atoms with Gasteiger partial charge in [0.15, 0.2) is 11.5 Å². The summed E-state index contributed by atoms with van der Waals surface area (Å²) in [5.41, 5.74) is 1.37. The minimum Gasteiger partial charge on any atom is -0.490 e. The van der Waals surface area contributed by atoms with Crippen molar-refractivity contribution in [1.82, 2.24) is 5.32 Å². The first kappa shape index (κ1) is 9.97. The number of hydrogen-bond donors (Lipinski definition) is 1. The standard InChI is InChI=1S/C13H17NO2/c1-6-15-12-3-2-10(8-13(12)16-7-1)11-4-5-14-9-11/h2-3,8,11,14H,1,4-7,9H2. The quantitative estimate of drug-likeness (QED) is 0.782. The van der Waals surface area contributed by atoms with Gasteiger partial charge in [-0.25, -0.2) is 0 Å². The third kappa shape index (κ3) is 1.87. The molecule has 16 heavy (non-hydrogen) atoms. The molecule has 86 valence electrons. The minimum absolute atomic E-state index is 0.636. The van der Waals surface area contributed by atoms with Crippen molar-refractivity contribution < 1.29 is 9.47 Å². The number of rotatable bonds is 1. The van der Waals surface area contributed by atoms with Crippen LogP contribution in [-0.4, -0.2) is 26.3 Å². The van der Waals surface area contributed by atoms with E-state index in [-0.39, 0.29) is 0 Å². The fraction of sp³-hybridized carbons (Fsp3) is 0.538. The summed E-state index contributed by atoms with van der Waals surface area (Å²) >= 11 is 0.